The number of aliphatic hydroxyl groups is 1. The maximum atomic E-state index is 11.8. The Morgan fingerprint density at radius 2 is 2.00 bits per heavy atom. The Balaban J connectivity index is 2.39. The predicted molar refractivity (Wildman–Crippen MR) is 72.4 cm³/mol. The molecule has 0 bridgehead atoms. The lowest BCUT2D eigenvalue weighted by molar-refractivity contribution is 0.176. The summed E-state index contributed by atoms with van der Waals surface area (Å²) in [6.45, 7) is 0. The highest BCUT2D eigenvalue weighted by atomic mass is 35.6. The highest BCUT2D eigenvalue weighted by Crippen LogP contribution is 2.31. The minimum absolute atomic E-state index is 0.0451. The molecule has 0 aliphatic heterocycles. The smallest absolute Gasteiger partial charge is 0.258 e. The lowest BCUT2D eigenvalue weighted by Gasteiger charge is -2.18. The van der Waals surface area contributed by atoms with Gasteiger partial charge in [-0.05, 0) is 12.1 Å². The standard InChI is InChI=1S/C11H9Cl3N2O2/c12-11(13,14)8(17)5-9-15-7-4-2-1-3-6(7)10(18)16-9/h1-4,8,17H,5H2,(H,15,16,18). The predicted octanol–water partition coefficient (Wildman–Crippen LogP) is 2.20. The molecule has 1 aromatic carbocycles. The van der Waals surface area contributed by atoms with E-state index in [1.807, 2.05) is 0 Å². The van der Waals surface area contributed by atoms with E-state index in [1.54, 1.807) is 24.3 Å². The number of nitrogens with one attached hydrogen (secondary N) is 1. The number of aromatic nitrogens is 2. The third kappa shape index (κ3) is 2.95. The van der Waals surface area contributed by atoms with E-state index in [1.165, 1.54) is 0 Å². The van der Waals surface area contributed by atoms with Gasteiger partial charge in [-0.1, -0.05) is 46.9 Å². The van der Waals surface area contributed by atoms with Crippen LogP contribution in [0.5, 0.6) is 0 Å². The molecule has 0 fully saturated rings. The van der Waals surface area contributed by atoms with Crippen LogP contribution in [0.4, 0.5) is 0 Å². The molecule has 1 heterocycles. The van der Waals surface area contributed by atoms with Crippen molar-refractivity contribution in [1.29, 1.82) is 0 Å². The Bertz CT molecular complexity index is 621. The third-order valence-corrected chi connectivity index (χ3v) is 3.18. The molecule has 0 spiro atoms. The molecule has 7 heteroatoms. The van der Waals surface area contributed by atoms with Crippen molar-refractivity contribution >= 4 is 45.7 Å². The molecule has 0 saturated carbocycles. The second-order valence-corrected chi connectivity index (χ2v) is 6.16. The van der Waals surface area contributed by atoms with E-state index < -0.39 is 9.90 Å². The minimum atomic E-state index is -1.82. The van der Waals surface area contributed by atoms with E-state index in [-0.39, 0.29) is 17.8 Å². The molecule has 0 aliphatic rings. The molecular weight excluding hydrogens is 298 g/mol. The molecule has 1 atom stereocenters. The van der Waals surface area contributed by atoms with Gasteiger partial charge in [0.2, 0.25) is 3.79 Å². The number of fused-ring (bicyclic) bond motifs is 1. The number of aromatic amines is 1. The molecule has 0 amide bonds. The maximum absolute atomic E-state index is 11.8. The molecule has 0 aliphatic carbocycles. The molecule has 0 radical (unpaired) electrons. The summed E-state index contributed by atoms with van der Waals surface area (Å²) in [7, 11) is 0. The van der Waals surface area contributed by atoms with Crippen molar-refractivity contribution < 1.29 is 5.11 Å². The molecule has 4 nitrogen and oxygen atoms in total. The fourth-order valence-electron chi connectivity index (χ4n) is 1.53. The summed E-state index contributed by atoms with van der Waals surface area (Å²) in [6.07, 6.45) is -1.29. The summed E-state index contributed by atoms with van der Waals surface area (Å²) in [4.78, 5) is 18.5. The molecule has 1 unspecified atom stereocenters. The van der Waals surface area contributed by atoms with Crippen LogP contribution in [-0.4, -0.2) is 25.0 Å². The highest BCUT2D eigenvalue weighted by molar-refractivity contribution is 6.68. The van der Waals surface area contributed by atoms with E-state index >= 15 is 0 Å². The Labute approximate surface area is 118 Å². The largest absolute Gasteiger partial charge is 0.388 e. The summed E-state index contributed by atoms with van der Waals surface area (Å²) in [5.41, 5.74) is 0.250. The molecule has 96 valence electrons. The number of alkyl halides is 3. The van der Waals surface area contributed by atoms with Crippen molar-refractivity contribution in [2.45, 2.75) is 16.3 Å². The normalized spacial score (nSPS) is 13.8. The van der Waals surface area contributed by atoms with Crippen LogP contribution in [0.1, 0.15) is 5.82 Å². The summed E-state index contributed by atoms with van der Waals surface area (Å²) < 4.78 is -1.82. The molecule has 0 saturated heterocycles. The molecule has 2 aromatic rings. The fraction of sp³-hybridized carbons (Fsp3) is 0.273. The zero-order chi connectivity index (χ0) is 13.3. The van der Waals surface area contributed by atoms with Gasteiger partial charge in [0.25, 0.3) is 5.56 Å². The van der Waals surface area contributed by atoms with Crippen LogP contribution in [-0.2, 0) is 6.42 Å². The van der Waals surface area contributed by atoms with E-state index in [0.29, 0.717) is 10.9 Å². The van der Waals surface area contributed by atoms with Crippen molar-refractivity contribution in [1.82, 2.24) is 9.97 Å². The van der Waals surface area contributed by atoms with Gasteiger partial charge in [0.15, 0.2) is 0 Å². The van der Waals surface area contributed by atoms with Gasteiger partial charge in [0.1, 0.15) is 11.9 Å². The lowest BCUT2D eigenvalue weighted by atomic mass is 10.2. The number of H-pyrrole nitrogens is 1. The van der Waals surface area contributed by atoms with Gasteiger partial charge in [-0.2, -0.15) is 0 Å². The number of halogens is 3. The quantitative estimate of drug-likeness (QED) is 0.836. The van der Waals surface area contributed by atoms with Crippen LogP contribution in [0.3, 0.4) is 0 Å². The van der Waals surface area contributed by atoms with Gasteiger partial charge in [0.05, 0.1) is 10.9 Å². The summed E-state index contributed by atoms with van der Waals surface area (Å²) >= 11 is 16.7. The first-order chi connectivity index (χ1) is 8.38. The number of para-hydroxylation sites is 1. The number of hydrogen-bond acceptors (Lipinski definition) is 3. The van der Waals surface area contributed by atoms with Crippen LogP contribution >= 0.6 is 34.8 Å². The van der Waals surface area contributed by atoms with Gasteiger partial charge < -0.3 is 10.1 Å². The molecular formula is C11H9Cl3N2O2. The monoisotopic (exact) mass is 306 g/mol. The highest BCUT2D eigenvalue weighted by Gasteiger charge is 2.31. The molecule has 2 N–H and O–H groups in total. The van der Waals surface area contributed by atoms with Gasteiger partial charge in [-0.15, -0.1) is 0 Å². The van der Waals surface area contributed by atoms with Crippen LogP contribution in [0.2, 0.25) is 0 Å². The molecule has 1 aromatic heterocycles. The van der Waals surface area contributed by atoms with Crippen molar-refractivity contribution in [3.63, 3.8) is 0 Å². The molecule has 18 heavy (non-hydrogen) atoms. The Hall–Kier alpha value is -0.810. The summed E-state index contributed by atoms with van der Waals surface area (Å²) in [5, 5.41) is 10.1. The van der Waals surface area contributed by atoms with Crippen molar-refractivity contribution in [3.05, 3.63) is 40.4 Å². The van der Waals surface area contributed by atoms with Gasteiger partial charge >= 0.3 is 0 Å². The van der Waals surface area contributed by atoms with Gasteiger partial charge in [0, 0.05) is 6.42 Å². The van der Waals surface area contributed by atoms with E-state index in [9.17, 15) is 9.90 Å². The Kier molecular flexibility index (Phi) is 3.82. The minimum Gasteiger partial charge on any atom is -0.388 e. The number of rotatable bonds is 2. The zero-order valence-electron chi connectivity index (χ0n) is 9.03. The first-order valence-electron chi connectivity index (χ1n) is 5.10. The summed E-state index contributed by atoms with van der Waals surface area (Å²) in [5.74, 6) is 0.275. The van der Waals surface area contributed by atoms with Crippen molar-refractivity contribution in [2.24, 2.45) is 0 Å². The number of aliphatic hydroxyl groups excluding tert-OH is 1. The second kappa shape index (κ2) is 5.05. The zero-order valence-corrected chi connectivity index (χ0v) is 11.3. The van der Waals surface area contributed by atoms with Crippen LogP contribution < -0.4 is 5.56 Å². The molecule has 2 rings (SSSR count). The second-order valence-electron chi connectivity index (χ2n) is 3.79. The van der Waals surface area contributed by atoms with Gasteiger partial charge in [-0.3, -0.25) is 4.79 Å². The number of hydrogen-bond donors (Lipinski definition) is 2. The number of benzene rings is 1. The lowest BCUT2D eigenvalue weighted by Crippen LogP contribution is -2.29. The van der Waals surface area contributed by atoms with Crippen LogP contribution in [0.15, 0.2) is 29.1 Å². The fourth-order valence-corrected chi connectivity index (χ4v) is 1.76. The number of nitrogens with zero attached hydrogens (tertiary/aromatic N) is 1. The van der Waals surface area contributed by atoms with E-state index in [2.05, 4.69) is 9.97 Å². The maximum Gasteiger partial charge on any atom is 0.258 e. The first kappa shape index (κ1) is 13.6. The van der Waals surface area contributed by atoms with E-state index in [0.717, 1.165) is 0 Å². The Morgan fingerprint density at radius 1 is 1.33 bits per heavy atom. The average Bonchev–Trinajstić information content (AvgIpc) is 2.27. The first-order valence-corrected chi connectivity index (χ1v) is 6.24. The topological polar surface area (TPSA) is 66.0 Å². The SMILES string of the molecule is O=c1[nH]c(CC(O)C(Cl)(Cl)Cl)nc2ccccc12. The summed E-state index contributed by atoms with van der Waals surface area (Å²) in [6, 6.07) is 6.88. The Morgan fingerprint density at radius 3 is 2.67 bits per heavy atom. The van der Waals surface area contributed by atoms with Gasteiger partial charge in [-0.25, -0.2) is 4.98 Å². The average molecular weight is 308 g/mol. The van der Waals surface area contributed by atoms with Crippen molar-refractivity contribution in [3.8, 4) is 0 Å². The van der Waals surface area contributed by atoms with Crippen LogP contribution in [0, 0.1) is 0 Å². The van der Waals surface area contributed by atoms with E-state index in [4.69, 9.17) is 34.8 Å². The third-order valence-electron chi connectivity index (χ3n) is 2.43. The van der Waals surface area contributed by atoms with Crippen LogP contribution in [0.25, 0.3) is 10.9 Å². The van der Waals surface area contributed by atoms with Crippen molar-refractivity contribution in [2.75, 3.05) is 0 Å².